The van der Waals surface area contributed by atoms with Gasteiger partial charge in [0.05, 0.1) is 5.92 Å². The van der Waals surface area contributed by atoms with Gasteiger partial charge in [-0.1, -0.05) is 44.2 Å². The summed E-state index contributed by atoms with van der Waals surface area (Å²) in [6.45, 7) is 8.28. The van der Waals surface area contributed by atoms with E-state index in [4.69, 9.17) is 0 Å². The summed E-state index contributed by atoms with van der Waals surface area (Å²) in [7, 11) is 0. The number of anilines is 1. The minimum Gasteiger partial charge on any atom is -0.310 e. The lowest BCUT2D eigenvalue weighted by atomic mass is 9.96. The molecule has 0 unspecified atom stereocenters. The van der Waals surface area contributed by atoms with Crippen LogP contribution in [0, 0.1) is 12.8 Å². The molecule has 0 bridgehead atoms. The maximum absolute atomic E-state index is 12.4. The van der Waals surface area contributed by atoms with Crippen molar-refractivity contribution < 1.29 is 4.79 Å². The fourth-order valence-electron chi connectivity index (χ4n) is 2.41. The van der Waals surface area contributed by atoms with Gasteiger partial charge in [-0.3, -0.25) is 4.79 Å². The van der Waals surface area contributed by atoms with E-state index >= 15 is 0 Å². The number of nitrogens with one attached hydrogen (secondary N) is 1. The van der Waals surface area contributed by atoms with Gasteiger partial charge in [-0.25, -0.2) is 4.98 Å². The highest BCUT2D eigenvalue weighted by atomic mass is 16.1. The smallest absolute Gasteiger partial charge is 0.232 e. The van der Waals surface area contributed by atoms with Gasteiger partial charge in [0.25, 0.3) is 0 Å². The van der Waals surface area contributed by atoms with Gasteiger partial charge < -0.3 is 5.32 Å². The summed E-state index contributed by atoms with van der Waals surface area (Å²) in [4.78, 5) is 16.6. The minimum atomic E-state index is -0.200. The zero-order valence-corrected chi connectivity index (χ0v) is 13.8. The molecule has 3 heteroatoms. The molecule has 0 radical (unpaired) electrons. The van der Waals surface area contributed by atoms with Crippen LogP contribution in [0.25, 0.3) is 0 Å². The maximum Gasteiger partial charge on any atom is 0.232 e. The minimum absolute atomic E-state index is 0.0293. The van der Waals surface area contributed by atoms with E-state index in [1.165, 1.54) is 5.56 Å². The van der Waals surface area contributed by atoms with Crippen LogP contribution in [0.15, 0.2) is 42.6 Å². The Morgan fingerprint density at radius 1 is 1.14 bits per heavy atom. The summed E-state index contributed by atoms with van der Waals surface area (Å²) < 4.78 is 0. The van der Waals surface area contributed by atoms with Gasteiger partial charge in [0.1, 0.15) is 5.82 Å². The lowest BCUT2D eigenvalue weighted by Gasteiger charge is -2.14. The van der Waals surface area contributed by atoms with E-state index in [0.29, 0.717) is 11.7 Å². The van der Waals surface area contributed by atoms with Crippen molar-refractivity contribution in [1.82, 2.24) is 4.98 Å². The van der Waals surface area contributed by atoms with Crippen LogP contribution >= 0.6 is 0 Å². The van der Waals surface area contributed by atoms with Gasteiger partial charge in [0.15, 0.2) is 0 Å². The van der Waals surface area contributed by atoms with E-state index in [1.54, 1.807) is 6.20 Å². The molecule has 22 heavy (non-hydrogen) atoms. The van der Waals surface area contributed by atoms with Gasteiger partial charge in [0, 0.05) is 6.20 Å². The number of carbonyl (C=O) groups excluding carboxylic acids is 1. The molecule has 1 atom stereocenters. The van der Waals surface area contributed by atoms with E-state index in [1.807, 2.05) is 38.1 Å². The van der Waals surface area contributed by atoms with Crippen LogP contribution in [0.3, 0.4) is 0 Å². The Morgan fingerprint density at radius 3 is 2.41 bits per heavy atom. The standard InChI is InChI=1S/C19H24N2O/c1-13(2)12-16-7-9-17(10-8-16)15(4)19(22)21-18-14(3)6-5-11-20-18/h5-11,13,15H,12H2,1-4H3,(H,20,21,22)/t15-/m0/s1. The Hall–Kier alpha value is -2.16. The van der Waals surface area contributed by atoms with Crippen molar-refractivity contribution in [3.8, 4) is 0 Å². The Balaban J connectivity index is 2.05. The van der Waals surface area contributed by atoms with E-state index in [-0.39, 0.29) is 11.8 Å². The van der Waals surface area contributed by atoms with Crippen molar-refractivity contribution >= 4 is 11.7 Å². The molecule has 1 aromatic heterocycles. The largest absolute Gasteiger partial charge is 0.310 e. The van der Waals surface area contributed by atoms with Crippen LogP contribution in [-0.2, 0) is 11.2 Å². The molecular weight excluding hydrogens is 272 g/mol. The number of hydrogen-bond acceptors (Lipinski definition) is 2. The van der Waals surface area contributed by atoms with Gasteiger partial charge in [-0.2, -0.15) is 0 Å². The first kappa shape index (κ1) is 16.2. The molecule has 1 heterocycles. The van der Waals surface area contributed by atoms with Crippen molar-refractivity contribution in [3.63, 3.8) is 0 Å². The topological polar surface area (TPSA) is 42.0 Å². The van der Waals surface area contributed by atoms with Gasteiger partial charge in [-0.05, 0) is 48.9 Å². The van der Waals surface area contributed by atoms with E-state index in [9.17, 15) is 4.79 Å². The number of aromatic nitrogens is 1. The first-order valence-corrected chi connectivity index (χ1v) is 7.78. The highest BCUT2D eigenvalue weighted by Gasteiger charge is 2.16. The molecule has 0 aliphatic carbocycles. The fourth-order valence-corrected chi connectivity index (χ4v) is 2.41. The molecule has 0 aliphatic rings. The molecule has 3 nitrogen and oxygen atoms in total. The first-order valence-electron chi connectivity index (χ1n) is 7.78. The monoisotopic (exact) mass is 296 g/mol. The third-order valence-electron chi connectivity index (χ3n) is 3.77. The van der Waals surface area contributed by atoms with Crippen molar-refractivity contribution in [3.05, 3.63) is 59.3 Å². The molecule has 0 saturated carbocycles. The second-order valence-electron chi connectivity index (χ2n) is 6.22. The number of pyridine rings is 1. The lowest BCUT2D eigenvalue weighted by molar-refractivity contribution is -0.117. The lowest BCUT2D eigenvalue weighted by Crippen LogP contribution is -2.20. The molecule has 116 valence electrons. The molecule has 1 amide bonds. The Kier molecular flexibility index (Phi) is 5.31. The van der Waals surface area contributed by atoms with Crippen molar-refractivity contribution in [2.45, 2.75) is 40.0 Å². The van der Waals surface area contributed by atoms with Gasteiger partial charge in [-0.15, -0.1) is 0 Å². The Bertz CT molecular complexity index is 632. The number of nitrogens with zero attached hydrogens (tertiary/aromatic N) is 1. The van der Waals surface area contributed by atoms with Crippen LogP contribution in [-0.4, -0.2) is 10.9 Å². The van der Waals surface area contributed by atoms with Crippen LogP contribution in [0.1, 0.15) is 43.4 Å². The Labute approximate surface area is 132 Å². The zero-order chi connectivity index (χ0) is 16.1. The SMILES string of the molecule is Cc1cccnc1NC(=O)[C@@H](C)c1ccc(CC(C)C)cc1. The summed E-state index contributed by atoms with van der Waals surface area (Å²) in [6, 6.07) is 12.1. The summed E-state index contributed by atoms with van der Waals surface area (Å²) in [5, 5.41) is 2.91. The van der Waals surface area contributed by atoms with Crippen molar-refractivity contribution in [1.29, 1.82) is 0 Å². The fraction of sp³-hybridized carbons (Fsp3) is 0.368. The van der Waals surface area contributed by atoms with Crippen molar-refractivity contribution in [2.24, 2.45) is 5.92 Å². The molecule has 0 aliphatic heterocycles. The third-order valence-corrected chi connectivity index (χ3v) is 3.77. The second kappa shape index (κ2) is 7.21. The van der Waals surface area contributed by atoms with E-state index in [0.717, 1.165) is 17.5 Å². The summed E-state index contributed by atoms with van der Waals surface area (Å²) in [5.74, 6) is 1.04. The predicted octanol–water partition coefficient (Wildman–Crippen LogP) is 4.33. The highest BCUT2D eigenvalue weighted by Crippen LogP contribution is 2.20. The van der Waals surface area contributed by atoms with Crippen LogP contribution in [0.2, 0.25) is 0 Å². The molecule has 0 spiro atoms. The number of amides is 1. The number of rotatable bonds is 5. The van der Waals surface area contributed by atoms with Crippen LogP contribution in [0.5, 0.6) is 0 Å². The first-order chi connectivity index (χ1) is 10.5. The quantitative estimate of drug-likeness (QED) is 0.892. The molecule has 2 aromatic rings. The van der Waals surface area contributed by atoms with Crippen LogP contribution in [0.4, 0.5) is 5.82 Å². The molecule has 0 fully saturated rings. The molecule has 1 aromatic carbocycles. The summed E-state index contributed by atoms with van der Waals surface area (Å²) in [6.07, 6.45) is 2.75. The molecule has 0 saturated heterocycles. The summed E-state index contributed by atoms with van der Waals surface area (Å²) >= 11 is 0. The van der Waals surface area contributed by atoms with Gasteiger partial charge in [0.2, 0.25) is 5.91 Å². The molecule has 1 N–H and O–H groups in total. The van der Waals surface area contributed by atoms with Gasteiger partial charge >= 0.3 is 0 Å². The van der Waals surface area contributed by atoms with E-state index in [2.05, 4.69) is 36.3 Å². The van der Waals surface area contributed by atoms with Crippen molar-refractivity contribution in [2.75, 3.05) is 5.32 Å². The highest BCUT2D eigenvalue weighted by molar-refractivity contribution is 5.95. The molecule has 2 rings (SSSR count). The average Bonchev–Trinajstić information content (AvgIpc) is 2.49. The molecular formula is C19H24N2O. The summed E-state index contributed by atoms with van der Waals surface area (Å²) in [5.41, 5.74) is 3.31. The third kappa shape index (κ3) is 4.17. The Morgan fingerprint density at radius 2 is 1.82 bits per heavy atom. The average molecular weight is 296 g/mol. The number of hydrogen-bond donors (Lipinski definition) is 1. The number of carbonyl (C=O) groups is 1. The number of benzene rings is 1. The maximum atomic E-state index is 12.4. The zero-order valence-electron chi connectivity index (χ0n) is 13.8. The van der Waals surface area contributed by atoms with E-state index < -0.39 is 0 Å². The number of aryl methyl sites for hydroxylation is 1. The van der Waals surface area contributed by atoms with Crippen LogP contribution < -0.4 is 5.32 Å². The second-order valence-corrected chi connectivity index (χ2v) is 6.22. The predicted molar refractivity (Wildman–Crippen MR) is 91.0 cm³/mol. The normalized spacial score (nSPS) is 12.2.